The maximum absolute atomic E-state index is 6.48. The molecule has 0 bridgehead atoms. The molecule has 0 saturated carbocycles. The van der Waals surface area contributed by atoms with Gasteiger partial charge < -0.3 is 9.32 Å². The van der Waals surface area contributed by atoms with E-state index < -0.39 is 0 Å². The highest BCUT2D eigenvalue weighted by atomic mass is 16.3. The van der Waals surface area contributed by atoms with E-state index in [4.69, 9.17) is 4.42 Å². The number of nitrogens with zero attached hydrogens (tertiary/aromatic N) is 1. The molecule has 0 radical (unpaired) electrons. The summed E-state index contributed by atoms with van der Waals surface area (Å²) >= 11 is 0. The first kappa shape index (κ1) is 36.5. The van der Waals surface area contributed by atoms with E-state index in [9.17, 15) is 0 Å². The summed E-state index contributed by atoms with van der Waals surface area (Å²) in [5.41, 5.74) is 21.1. The van der Waals surface area contributed by atoms with Crippen molar-refractivity contribution in [2.75, 3.05) is 4.90 Å². The molecule has 288 valence electrons. The molecule has 2 aliphatic carbocycles. The predicted molar refractivity (Wildman–Crippen MR) is 246 cm³/mol. The molecule has 2 nitrogen and oxygen atoms in total. The van der Waals surface area contributed by atoms with Crippen LogP contribution in [-0.2, 0) is 21.7 Å². The van der Waals surface area contributed by atoms with E-state index in [1.165, 1.54) is 55.6 Å². The summed E-state index contributed by atoms with van der Waals surface area (Å²) in [6.45, 7) is 23.7. The van der Waals surface area contributed by atoms with Crippen molar-refractivity contribution in [1.82, 2.24) is 0 Å². The molecule has 7 aromatic carbocycles. The zero-order chi connectivity index (χ0) is 40.5. The van der Waals surface area contributed by atoms with Crippen molar-refractivity contribution in [3.63, 3.8) is 0 Å². The van der Waals surface area contributed by atoms with E-state index in [0.29, 0.717) is 0 Å². The average molecular weight is 756 g/mol. The first-order chi connectivity index (χ1) is 27.5. The lowest BCUT2D eigenvalue weighted by molar-refractivity contribution is 0.545. The van der Waals surface area contributed by atoms with Crippen molar-refractivity contribution in [3.05, 3.63) is 173 Å². The number of para-hydroxylation sites is 2. The highest BCUT2D eigenvalue weighted by Crippen LogP contribution is 2.56. The van der Waals surface area contributed by atoms with Crippen molar-refractivity contribution in [2.24, 2.45) is 0 Å². The van der Waals surface area contributed by atoms with Crippen molar-refractivity contribution < 1.29 is 4.42 Å². The molecule has 0 unspecified atom stereocenters. The molecule has 0 amide bonds. The Morgan fingerprint density at radius 2 is 1.02 bits per heavy atom. The Labute approximate surface area is 344 Å². The van der Waals surface area contributed by atoms with Crippen LogP contribution in [0.5, 0.6) is 0 Å². The van der Waals surface area contributed by atoms with E-state index in [1.54, 1.807) is 0 Å². The normalized spacial score (nSPS) is 15.0. The summed E-state index contributed by atoms with van der Waals surface area (Å²) in [4.78, 5) is 2.47. The maximum Gasteiger partial charge on any atom is 0.143 e. The minimum absolute atomic E-state index is 0.00274. The lowest BCUT2D eigenvalue weighted by Crippen LogP contribution is -2.25. The van der Waals surface area contributed by atoms with E-state index in [0.717, 1.165) is 50.1 Å². The van der Waals surface area contributed by atoms with Gasteiger partial charge in [-0.15, -0.1) is 0 Å². The number of furan rings is 1. The van der Waals surface area contributed by atoms with E-state index in [-0.39, 0.29) is 21.7 Å². The van der Waals surface area contributed by atoms with Gasteiger partial charge in [-0.05, 0) is 114 Å². The van der Waals surface area contributed by atoms with Crippen molar-refractivity contribution in [1.29, 1.82) is 0 Å². The molecule has 1 heterocycles. The molecule has 10 rings (SSSR count). The average Bonchev–Trinajstić information content (AvgIpc) is 3.77. The van der Waals surface area contributed by atoms with Crippen LogP contribution in [-0.4, -0.2) is 0 Å². The molecule has 8 aromatic rings. The fourth-order valence-electron chi connectivity index (χ4n) is 10.2. The van der Waals surface area contributed by atoms with Crippen LogP contribution in [0.3, 0.4) is 0 Å². The minimum atomic E-state index is -0.179. The van der Waals surface area contributed by atoms with Crippen molar-refractivity contribution >= 4 is 39.0 Å². The van der Waals surface area contributed by atoms with Crippen LogP contribution in [0.2, 0.25) is 0 Å². The van der Waals surface area contributed by atoms with Gasteiger partial charge in [0.1, 0.15) is 11.2 Å². The zero-order valence-corrected chi connectivity index (χ0v) is 35.6. The van der Waals surface area contributed by atoms with E-state index >= 15 is 0 Å². The second-order valence-electron chi connectivity index (χ2n) is 19.9. The quantitative estimate of drug-likeness (QED) is 0.178. The molecule has 2 aliphatic rings. The van der Waals surface area contributed by atoms with E-state index in [1.807, 2.05) is 6.07 Å². The molecular weight excluding hydrogens is 703 g/mol. The molecule has 0 atom stereocenters. The Hall–Kier alpha value is -5.86. The SMILES string of the molecule is CC(C)(C)c1cc2c(c(C(C)(C)C)c1)C(C)(C)c1cc(N(c3ccc(-c4cccc5c4oc4ccccc45)cc3)c3ccc4c(c3)C(C)(C)c3ccccc3-4)ccc1-2. The highest BCUT2D eigenvalue weighted by Gasteiger charge is 2.41. The van der Waals surface area contributed by atoms with Crippen LogP contribution in [0.15, 0.2) is 144 Å². The molecule has 0 spiro atoms. The van der Waals surface area contributed by atoms with Gasteiger partial charge in [-0.25, -0.2) is 0 Å². The molecule has 58 heavy (non-hydrogen) atoms. The summed E-state index contributed by atoms with van der Waals surface area (Å²) < 4.78 is 6.48. The third-order valence-corrected chi connectivity index (χ3v) is 13.3. The molecular formula is C56H53NO. The summed E-state index contributed by atoms with van der Waals surface area (Å²) in [5.74, 6) is 0. The van der Waals surface area contributed by atoms with Crippen molar-refractivity contribution in [2.45, 2.75) is 90.9 Å². The van der Waals surface area contributed by atoms with Crippen molar-refractivity contribution in [3.8, 4) is 33.4 Å². The number of hydrogen-bond donors (Lipinski definition) is 0. The lowest BCUT2D eigenvalue weighted by Gasteiger charge is -2.33. The highest BCUT2D eigenvalue weighted by molar-refractivity contribution is 6.09. The second kappa shape index (κ2) is 12.3. The van der Waals surface area contributed by atoms with Crippen LogP contribution < -0.4 is 4.90 Å². The minimum Gasteiger partial charge on any atom is -0.455 e. The van der Waals surface area contributed by atoms with Crippen LogP contribution in [0, 0.1) is 0 Å². The molecule has 0 N–H and O–H groups in total. The first-order valence-electron chi connectivity index (χ1n) is 20.9. The van der Waals surface area contributed by atoms with Gasteiger partial charge in [-0.2, -0.15) is 0 Å². The first-order valence-corrected chi connectivity index (χ1v) is 20.9. The van der Waals surface area contributed by atoms with Gasteiger partial charge in [0, 0.05) is 44.2 Å². The number of hydrogen-bond acceptors (Lipinski definition) is 2. The van der Waals surface area contributed by atoms with Gasteiger partial charge >= 0.3 is 0 Å². The number of fused-ring (bicyclic) bond motifs is 9. The van der Waals surface area contributed by atoms with Gasteiger partial charge in [0.25, 0.3) is 0 Å². The largest absolute Gasteiger partial charge is 0.455 e. The van der Waals surface area contributed by atoms with Gasteiger partial charge in [0.2, 0.25) is 0 Å². The van der Waals surface area contributed by atoms with Gasteiger partial charge in [-0.1, -0.05) is 166 Å². The smallest absolute Gasteiger partial charge is 0.143 e. The van der Waals surface area contributed by atoms with Crippen LogP contribution in [0.25, 0.3) is 55.3 Å². The van der Waals surface area contributed by atoms with Gasteiger partial charge in [0.15, 0.2) is 0 Å². The zero-order valence-electron chi connectivity index (χ0n) is 35.6. The third kappa shape index (κ3) is 5.37. The Kier molecular flexibility index (Phi) is 7.75. The summed E-state index contributed by atoms with van der Waals surface area (Å²) in [5, 5.41) is 2.29. The summed E-state index contributed by atoms with van der Waals surface area (Å²) in [7, 11) is 0. The Morgan fingerprint density at radius 1 is 0.448 bits per heavy atom. The van der Waals surface area contributed by atoms with Gasteiger partial charge in [0.05, 0.1) is 0 Å². The number of anilines is 3. The number of rotatable bonds is 4. The van der Waals surface area contributed by atoms with Gasteiger partial charge in [-0.3, -0.25) is 0 Å². The Balaban J connectivity index is 1.15. The molecule has 2 heteroatoms. The third-order valence-electron chi connectivity index (χ3n) is 13.3. The summed E-state index contributed by atoms with van der Waals surface area (Å²) in [6.07, 6.45) is 0. The lowest BCUT2D eigenvalue weighted by atomic mass is 9.71. The second-order valence-corrected chi connectivity index (χ2v) is 19.9. The summed E-state index contributed by atoms with van der Waals surface area (Å²) in [6, 6.07) is 52.1. The monoisotopic (exact) mass is 755 g/mol. The predicted octanol–water partition coefficient (Wildman–Crippen LogP) is 15.9. The van der Waals surface area contributed by atoms with Crippen LogP contribution in [0.1, 0.15) is 103 Å². The molecule has 0 saturated heterocycles. The number of benzene rings is 7. The molecule has 0 aliphatic heterocycles. The standard InChI is InChI=1S/C56H53NO/c1-53(2,3)35-30-45-42-29-27-38(33-48(42)56(9,10)51(45)49(31-35)54(4,5)6)57(37-26-28-41-40-16-11-13-20-46(40)55(7,8)47(41)32-37)36-24-22-34(23-25-36)39-18-15-19-44-43-17-12-14-21-50(43)58-52(39)44/h11-33H,1-10H3. The maximum atomic E-state index is 6.48. The molecule has 0 fully saturated rings. The molecule has 1 aromatic heterocycles. The topological polar surface area (TPSA) is 16.4 Å². The Bertz CT molecular complexity index is 2960. The van der Waals surface area contributed by atoms with E-state index in [2.05, 4.69) is 208 Å². The Morgan fingerprint density at radius 3 is 1.71 bits per heavy atom. The van der Waals surface area contributed by atoms with Crippen LogP contribution >= 0.6 is 0 Å². The van der Waals surface area contributed by atoms with Crippen LogP contribution in [0.4, 0.5) is 17.1 Å². The fourth-order valence-corrected chi connectivity index (χ4v) is 10.2. The fraction of sp³-hybridized carbons (Fsp3) is 0.250.